The van der Waals surface area contributed by atoms with Gasteiger partial charge >= 0.3 is 11.9 Å². The summed E-state index contributed by atoms with van der Waals surface area (Å²) in [4.78, 5) is 22.8. The Morgan fingerprint density at radius 2 is 1.50 bits per heavy atom. The Morgan fingerprint density at radius 3 is 1.79 bits per heavy atom. The van der Waals surface area contributed by atoms with E-state index in [1.807, 2.05) is 6.92 Å². The zero-order chi connectivity index (χ0) is 11.0. The molecule has 0 aromatic carbocycles. The molecule has 5 heteroatoms. The standard InChI is InChI=1S/C9H17NO4/c1-4-5-10(6-13-8(2)11)7-14-9(3)12/h4-7H2,1-3H3. The molecule has 82 valence electrons. The minimum Gasteiger partial charge on any atom is -0.450 e. The van der Waals surface area contributed by atoms with E-state index in [0.717, 1.165) is 13.0 Å². The molecule has 0 heterocycles. The SMILES string of the molecule is CCCN(COC(C)=O)COC(C)=O. The molecule has 0 rings (SSSR count). The molecule has 0 aliphatic heterocycles. The zero-order valence-electron chi connectivity index (χ0n) is 8.91. The van der Waals surface area contributed by atoms with Gasteiger partial charge in [-0.25, -0.2) is 4.90 Å². The molecular weight excluding hydrogens is 186 g/mol. The summed E-state index contributed by atoms with van der Waals surface area (Å²) in [6.45, 7) is 5.73. The highest BCUT2D eigenvalue weighted by Crippen LogP contribution is 1.93. The van der Waals surface area contributed by atoms with Crippen LogP contribution in [0.25, 0.3) is 0 Å². The van der Waals surface area contributed by atoms with Gasteiger partial charge < -0.3 is 9.47 Å². The van der Waals surface area contributed by atoms with E-state index < -0.39 is 0 Å². The van der Waals surface area contributed by atoms with Gasteiger partial charge in [0, 0.05) is 20.4 Å². The number of carbonyl (C=O) groups is 2. The summed E-state index contributed by atoms with van der Waals surface area (Å²) in [5.74, 6) is -0.678. The summed E-state index contributed by atoms with van der Waals surface area (Å²) >= 11 is 0. The molecule has 14 heavy (non-hydrogen) atoms. The maximum Gasteiger partial charge on any atom is 0.303 e. The lowest BCUT2D eigenvalue weighted by Crippen LogP contribution is -2.31. The smallest absolute Gasteiger partial charge is 0.303 e. The normalized spacial score (nSPS) is 10.0. The van der Waals surface area contributed by atoms with Crippen molar-refractivity contribution >= 4 is 11.9 Å². The van der Waals surface area contributed by atoms with E-state index in [2.05, 4.69) is 0 Å². The van der Waals surface area contributed by atoms with E-state index in [9.17, 15) is 9.59 Å². The Bertz CT molecular complexity index is 175. The molecule has 0 spiro atoms. The molecule has 0 unspecified atom stereocenters. The number of nitrogens with zero attached hydrogens (tertiary/aromatic N) is 1. The van der Waals surface area contributed by atoms with E-state index in [1.165, 1.54) is 13.8 Å². The second-order valence-corrected chi connectivity index (χ2v) is 2.92. The first-order valence-electron chi connectivity index (χ1n) is 4.55. The van der Waals surface area contributed by atoms with Gasteiger partial charge in [0.2, 0.25) is 0 Å². The van der Waals surface area contributed by atoms with Crippen LogP contribution in [0, 0.1) is 0 Å². The topological polar surface area (TPSA) is 55.8 Å². The number of carbonyl (C=O) groups excluding carboxylic acids is 2. The third-order valence-corrected chi connectivity index (χ3v) is 1.44. The second kappa shape index (κ2) is 7.32. The molecule has 0 aliphatic carbocycles. The highest BCUT2D eigenvalue weighted by Gasteiger charge is 2.06. The van der Waals surface area contributed by atoms with Gasteiger partial charge in [-0.15, -0.1) is 0 Å². The van der Waals surface area contributed by atoms with Crippen molar-refractivity contribution in [2.24, 2.45) is 0 Å². The summed E-state index contributed by atoms with van der Waals surface area (Å²) in [5, 5.41) is 0. The van der Waals surface area contributed by atoms with E-state index in [4.69, 9.17) is 9.47 Å². The molecule has 0 saturated heterocycles. The Kier molecular flexibility index (Phi) is 6.74. The summed E-state index contributed by atoms with van der Waals surface area (Å²) in [5.41, 5.74) is 0. The van der Waals surface area contributed by atoms with Crippen LogP contribution in [-0.4, -0.2) is 36.8 Å². The van der Waals surface area contributed by atoms with Crippen molar-refractivity contribution in [1.29, 1.82) is 0 Å². The number of esters is 2. The highest BCUT2D eigenvalue weighted by atomic mass is 16.6. The van der Waals surface area contributed by atoms with Crippen LogP contribution in [0.2, 0.25) is 0 Å². The van der Waals surface area contributed by atoms with Gasteiger partial charge in [0.1, 0.15) is 13.5 Å². The maximum atomic E-state index is 10.5. The zero-order valence-corrected chi connectivity index (χ0v) is 8.91. The van der Waals surface area contributed by atoms with E-state index in [0.29, 0.717) is 0 Å². The molecule has 0 amide bonds. The minimum absolute atomic E-state index is 0.163. The Labute approximate surface area is 84.0 Å². The fourth-order valence-corrected chi connectivity index (χ4v) is 0.847. The van der Waals surface area contributed by atoms with Gasteiger partial charge in [0.15, 0.2) is 0 Å². The number of rotatable bonds is 6. The molecule has 0 saturated carbocycles. The third-order valence-electron chi connectivity index (χ3n) is 1.44. The summed E-state index contributed by atoms with van der Waals surface area (Å²) in [6.07, 6.45) is 0.905. The fraction of sp³-hybridized carbons (Fsp3) is 0.778. The van der Waals surface area contributed by atoms with Gasteiger partial charge in [-0.05, 0) is 6.42 Å². The molecule has 0 atom stereocenters. The van der Waals surface area contributed by atoms with Crippen LogP contribution < -0.4 is 0 Å². The predicted molar refractivity (Wildman–Crippen MR) is 50.3 cm³/mol. The molecule has 0 N–H and O–H groups in total. The molecule has 0 bridgehead atoms. The average molecular weight is 203 g/mol. The number of hydrogen-bond donors (Lipinski definition) is 0. The van der Waals surface area contributed by atoms with E-state index in [1.54, 1.807) is 4.90 Å². The Hall–Kier alpha value is -1.10. The average Bonchev–Trinajstić information content (AvgIpc) is 2.09. The van der Waals surface area contributed by atoms with Crippen molar-refractivity contribution < 1.29 is 19.1 Å². The minimum atomic E-state index is -0.339. The molecule has 0 aliphatic rings. The van der Waals surface area contributed by atoms with Crippen LogP contribution in [-0.2, 0) is 19.1 Å². The van der Waals surface area contributed by atoms with Gasteiger partial charge in [-0.2, -0.15) is 0 Å². The third kappa shape index (κ3) is 7.54. The quantitative estimate of drug-likeness (QED) is 0.470. The molecule has 0 radical (unpaired) electrons. The van der Waals surface area contributed by atoms with Gasteiger partial charge in [0.05, 0.1) is 0 Å². The lowest BCUT2D eigenvalue weighted by molar-refractivity contribution is -0.154. The number of ether oxygens (including phenoxy) is 2. The van der Waals surface area contributed by atoms with Crippen LogP contribution in [0.4, 0.5) is 0 Å². The fourth-order valence-electron chi connectivity index (χ4n) is 0.847. The Balaban J connectivity index is 3.76. The second-order valence-electron chi connectivity index (χ2n) is 2.92. The molecule has 0 aromatic rings. The van der Waals surface area contributed by atoms with Crippen molar-refractivity contribution in [2.45, 2.75) is 27.2 Å². The van der Waals surface area contributed by atoms with Gasteiger partial charge in [-0.3, -0.25) is 9.59 Å². The van der Waals surface area contributed by atoms with E-state index >= 15 is 0 Å². The first-order valence-corrected chi connectivity index (χ1v) is 4.55. The molecule has 5 nitrogen and oxygen atoms in total. The monoisotopic (exact) mass is 203 g/mol. The van der Waals surface area contributed by atoms with Crippen molar-refractivity contribution in [3.63, 3.8) is 0 Å². The largest absolute Gasteiger partial charge is 0.450 e. The molecular formula is C9H17NO4. The highest BCUT2D eigenvalue weighted by molar-refractivity contribution is 5.66. The van der Waals surface area contributed by atoms with E-state index in [-0.39, 0.29) is 25.4 Å². The van der Waals surface area contributed by atoms with Crippen LogP contribution in [0.15, 0.2) is 0 Å². The Morgan fingerprint density at radius 1 is 1.07 bits per heavy atom. The van der Waals surface area contributed by atoms with Gasteiger partial charge in [-0.1, -0.05) is 6.92 Å². The first kappa shape index (κ1) is 12.9. The summed E-state index contributed by atoms with van der Waals surface area (Å²) in [7, 11) is 0. The first-order chi connectivity index (χ1) is 6.56. The predicted octanol–water partition coefficient (Wildman–Crippen LogP) is 0.740. The molecule has 0 aromatic heterocycles. The van der Waals surface area contributed by atoms with Crippen molar-refractivity contribution in [1.82, 2.24) is 4.90 Å². The van der Waals surface area contributed by atoms with Crippen LogP contribution in [0.1, 0.15) is 27.2 Å². The summed E-state index contributed by atoms with van der Waals surface area (Å²) < 4.78 is 9.57. The van der Waals surface area contributed by atoms with Crippen LogP contribution >= 0.6 is 0 Å². The van der Waals surface area contributed by atoms with Crippen molar-refractivity contribution in [3.05, 3.63) is 0 Å². The lowest BCUT2D eigenvalue weighted by Gasteiger charge is -2.19. The number of hydrogen-bond acceptors (Lipinski definition) is 5. The summed E-state index contributed by atoms with van der Waals surface area (Å²) in [6, 6.07) is 0. The van der Waals surface area contributed by atoms with Gasteiger partial charge in [0.25, 0.3) is 0 Å². The lowest BCUT2D eigenvalue weighted by atomic mass is 10.4. The van der Waals surface area contributed by atoms with Crippen LogP contribution in [0.5, 0.6) is 0 Å². The van der Waals surface area contributed by atoms with Crippen molar-refractivity contribution in [3.8, 4) is 0 Å². The van der Waals surface area contributed by atoms with Crippen LogP contribution in [0.3, 0.4) is 0 Å². The molecule has 0 fully saturated rings. The maximum absolute atomic E-state index is 10.5. The van der Waals surface area contributed by atoms with Crippen molar-refractivity contribution in [2.75, 3.05) is 20.0 Å².